The number of imidazole rings is 1. The Morgan fingerprint density at radius 2 is 2.00 bits per heavy atom. The molecule has 0 aliphatic carbocycles. The molecule has 2 aromatic heterocycles. The van der Waals surface area contributed by atoms with E-state index in [0.29, 0.717) is 12.5 Å². The number of benzene rings is 1. The zero-order valence-electron chi connectivity index (χ0n) is 11.8. The maximum absolute atomic E-state index is 5.68. The van der Waals surface area contributed by atoms with Crippen molar-refractivity contribution in [2.24, 2.45) is 5.73 Å². The zero-order valence-corrected chi connectivity index (χ0v) is 12.7. The van der Waals surface area contributed by atoms with Crippen LogP contribution in [0.15, 0.2) is 35.8 Å². The molecule has 0 bridgehead atoms. The predicted octanol–water partition coefficient (Wildman–Crippen LogP) is 3.69. The molecule has 104 valence electrons. The van der Waals surface area contributed by atoms with Gasteiger partial charge in [0.05, 0.1) is 11.9 Å². The summed E-state index contributed by atoms with van der Waals surface area (Å²) in [7, 11) is 0. The van der Waals surface area contributed by atoms with Gasteiger partial charge in [0.25, 0.3) is 0 Å². The van der Waals surface area contributed by atoms with Gasteiger partial charge in [0.1, 0.15) is 0 Å². The molecule has 20 heavy (non-hydrogen) atoms. The van der Waals surface area contributed by atoms with Crippen LogP contribution in [-0.2, 0) is 6.42 Å². The summed E-state index contributed by atoms with van der Waals surface area (Å²) in [5.74, 6) is 0.563. The standard InChI is InChI=1S/C16H19N3S/c1-11(2)12-3-5-13(6-4-12)15-10-20-16-18-9-14(7-8-17)19(15)16/h3-6,9-11H,7-8,17H2,1-2H3. The van der Waals surface area contributed by atoms with Gasteiger partial charge in [0, 0.05) is 17.5 Å². The van der Waals surface area contributed by atoms with Crippen LogP contribution in [0.4, 0.5) is 0 Å². The fraction of sp³-hybridized carbons (Fsp3) is 0.312. The molecule has 3 rings (SSSR count). The van der Waals surface area contributed by atoms with E-state index < -0.39 is 0 Å². The lowest BCUT2D eigenvalue weighted by Crippen LogP contribution is -2.05. The summed E-state index contributed by atoms with van der Waals surface area (Å²) in [4.78, 5) is 5.49. The van der Waals surface area contributed by atoms with Crippen LogP contribution in [0.2, 0.25) is 0 Å². The molecule has 0 fully saturated rings. The molecule has 0 radical (unpaired) electrons. The molecule has 2 N–H and O–H groups in total. The Morgan fingerprint density at radius 1 is 1.25 bits per heavy atom. The van der Waals surface area contributed by atoms with Crippen LogP contribution in [0.1, 0.15) is 31.0 Å². The molecule has 4 heteroatoms. The van der Waals surface area contributed by atoms with Gasteiger partial charge in [0.15, 0.2) is 4.96 Å². The SMILES string of the molecule is CC(C)c1ccc(-c2csc3ncc(CCN)n23)cc1. The van der Waals surface area contributed by atoms with Gasteiger partial charge in [0.2, 0.25) is 0 Å². The number of aromatic nitrogens is 2. The van der Waals surface area contributed by atoms with E-state index in [-0.39, 0.29) is 0 Å². The fourth-order valence-corrected chi connectivity index (χ4v) is 3.32. The second-order valence-electron chi connectivity index (χ2n) is 5.30. The number of nitrogens with zero attached hydrogens (tertiary/aromatic N) is 2. The summed E-state index contributed by atoms with van der Waals surface area (Å²) in [5, 5.41) is 2.17. The van der Waals surface area contributed by atoms with Gasteiger partial charge < -0.3 is 5.73 Å². The van der Waals surface area contributed by atoms with Crippen molar-refractivity contribution in [1.29, 1.82) is 0 Å². The van der Waals surface area contributed by atoms with E-state index in [1.54, 1.807) is 11.3 Å². The molecule has 3 aromatic rings. The third kappa shape index (κ3) is 2.25. The molecule has 0 amide bonds. The van der Waals surface area contributed by atoms with E-state index in [9.17, 15) is 0 Å². The van der Waals surface area contributed by atoms with Crippen molar-refractivity contribution >= 4 is 16.3 Å². The first-order valence-electron chi connectivity index (χ1n) is 6.95. The fourth-order valence-electron chi connectivity index (χ4n) is 2.43. The maximum Gasteiger partial charge on any atom is 0.194 e. The number of hydrogen-bond donors (Lipinski definition) is 1. The normalized spacial score (nSPS) is 11.6. The van der Waals surface area contributed by atoms with Gasteiger partial charge in [-0.3, -0.25) is 4.40 Å². The summed E-state index contributed by atoms with van der Waals surface area (Å²) in [6.45, 7) is 5.08. The molecule has 2 heterocycles. The van der Waals surface area contributed by atoms with Gasteiger partial charge in [-0.2, -0.15) is 0 Å². The molecule has 0 saturated carbocycles. The van der Waals surface area contributed by atoms with Crippen molar-refractivity contribution < 1.29 is 0 Å². The second kappa shape index (κ2) is 5.38. The summed E-state index contributed by atoms with van der Waals surface area (Å²) in [5.41, 5.74) is 10.7. The molecule has 0 aliphatic rings. The third-order valence-electron chi connectivity index (χ3n) is 3.59. The highest BCUT2D eigenvalue weighted by Gasteiger charge is 2.11. The lowest BCUT2D eigenvalue weighted by Gasteiger charge is -2.07. The monoisotopic (exact) mass is 285 g/mol. The van der Waals surface area contributed by atoms with E-state index in [1.165, 1.54) is 22.5 Å². The first-order chi connectivity index (χ1) is 9.70. The summed E-state index contributed by atoms with van der Waals surface area (Å²) >= 11 is 1.68. The molecule has 0 unspecified atom stereocenters. The van der Waals surface area contributed by atoms with Crippen molar-refractivity contribution in [3.8, 4) is 11.3 Å². The van der Waals surface area contributed by atoms with Crippen molar-refractivity contribution in [2.45, 2.75) is 26.2 Å². The van der Waals surface area contributed by atoms with E-state index in [0.717, 1.165) is 11.4 Å². The Hall–Kier alpha value is -1.65. The van der Waals surface area contributed by atoms with Crippen LogP contribution in [0.25, 0.3) is 16.2 Å². The molecule has 0 atom stereocenters. The number of rotatable bonds is 4. The highest BCUT2D eigenvalue weighted by atomic mass is 32.1. The number of nitrogens with two attached hydrogens (primary N) is 1. The quantitative estimate of drug-likeness (QED) is 0.794. The van der Waals surface area contributed by atoms with Crippen LogP contribution >= 0.6 is 11.3 Å². The van der Waals surface area contributed by atoms with Crippen LogP contribution in [0, 0.1) is 0 Å². The Labute approximate surface area is 123 Å². The van der Waals surface area contributed by atoms with Gasteiger partial charge in [-0.1, -0.05) is 38.1 Å². The summed E-state index contributed by atoms with van der Waals surface area (Å²) < 4.78 is 2.22. The largest absolute Gasteiger partial charge is 0.330 e. The first-order valence-corrected chi connectivity index (χ1v) is 7.83. The second-order valence-corrected chi connectivity index (χ2v) is 6.14. The Bertz CT molecular complexity index is 707. The van der Waals surface area contributed by atoms with Gasteiger partial charge in [-0.05, 0) is 23.6 Å². The Balaban J connectivity index is 2.07. The minimum Gasteiger partial charge on any atom is -0.330 e. The van der Waals surface area contributed by atoms with E-state index in [2.05, 4.69) is 52.9 Å². The first kappa shape index (κ1) is 13.3. The Morgan fingerprint density at radius 3 is 2.65 bits per heavy atom. The van der Waals surface area contributed by atoms with Crippen molar-refractivity contribution in [3.05, 3.63) is 47.1 Å². The Kier molecular flexibility index (Phi) is 3.59. The minimum absolute atomic E-state index is 0.563. The molecule has 0 spiro atoms. The van der Waals surface area contributed by atoms with Crippen molar-refractivity contribution in [1.82, 2.24) is 9.38 Å². The smallest absolute Gasteiger partial charge is 0.194 e. The minimum atomic E-state index is 0.563. The van der Waals surface area contributed by atoms with Crippen molar-refractivity contribution in [2.75, 3.05) is 6.54 Å². The number of thiazole rings is 1. The zero-order chi connectivity index (χ0) is 14.1. The lowest BCUT2D eigenvalue weighted by molar-refractivity contribution is 0.866. The van der Waals surface area contributed by atoms with E-state index >= 15 is 0 Å². The summed E-state index contributed by atoms with van der Waals surface area (Å²) in [6.07, 6.45) is 2.79. The van der Waals surface area contributed by atoms with Crippen LogP contribution in [0.5, 0.6) is 0 Å². The molecule has 1 aromatic carbocycles. The maximum atomic E-state index is 5.68. The van der Waals surface area contributed by atoms with Crippen LogP contribution in [0.3, 0.4) is 0 Å². The highest BCUT2D eigenvalue weighted by molar-refractivity contribution is 7.15. The van der Waals surface area contributed by atoms with Crippen LogP contribution < -0.4 is 5.73 Å². The lowest BCUT2D eigenvalue weighted by atomic mass is 10.0. The highest BCUT2D eigenvalue weighted by Crippen LogP contribution is 2.28. The van der Waals surface area contributed by atoms with Crippen molar-refractivity contribution in [3.63, 3.8) is 0 Å². The average molecular weight is 285 g/mol. The number of hydrogen-bond acceptors (Lipinski definition) is 3. The van der Waals surface area contributed by atoms with Gasteiger partial charge >= 0.3 is 0 Å². The van der Waals surface area contributed by atoms with Gasteiger partial charge in [-0.15, -0.1) is 11.3 Å². The molecule has 3 nitrogen and oxygen atoms in total. The van der Waals surface area contributed by atoms with Gasteiger partial charge in [-0.25, -0.2) is 4.98 Å². The predicted molar refractivity (Wildman–Crippen MR) is 85.4 cm³/mol. The number of fused-ring (bicyclic) bond motifs is 1. The topological polar surface area (TPSA) is 43.3 Å². The molecular weight excluding hydrogens is 266 g/mol. The molecule has 0 saturated heterocycles. The average Bonchev–Trinajstić information content (AvgIpc) is 3.02. The third-order valence-corrected chi connectivity index (χ3v) is 4.43. The van der Waals surface area contributed by atoms with E-state index in [1.807, 2.05) is 6.20 Å². The molecular formula is C16H19N3S. The van der Waals surface area contributed by atoms with Crippen LogP contribution in [-0.4, -0.2) is 15.9 Å². The summed E-state index contributed by atoms with van der Waals surface area (Å²) in [6, 6.07) is 8.82. The van der Waals surface area contributed by atoms with E-state index in [4.69, 9.17) is 5.73 Å². The molecule has 0 aliphatic heterocycles.